The summed E-state index contributed by atoms with van der Waals surface area (Å²) in [5.41, 5.74) is 6.28. The molecule has 1 atom stereocenters. The fourth-order valence-electron chi connectivity index (χ4n) is 3.66. The topological polar surface area (TPSA) is 59.1 Å². The monoisotopic (exact) mass is 434 g/mol. The van der Waals surface area contributed by atoms with Crippen molar-refractivity contribution in [1.29, 1.82) is 0 Å². The zero-order chi connectivity index (χ0) is 23.4. The van der Waals surface area contributed by atoms with Crippen molar-refractivity contribution < 1.29 is 9.59 Å². The van der Waals surface area contributed by atoms with Gasteiger partial charge in [-0.2, -0.15) is 0 Å². The number of aromatic nitrogens is 1. The van der Waals surface area contributed by atoms with Crippen LogP contribution in [0.5, 0.6) is 0 Å². The van der Waals surface area contributed by atoms with Crippen LogP contribution in [0.25, 0.3) is 11.1 Å². The van der Waals surface area contributed by atoms with Crippen molar-refractivity contribution in [2.75, 3.05) is 0 Å². The zero-order valence-electron chi connectivity index (χ0n) is 19.0. The number of benzene rings is 3. The molecule has 33 heavy (non-hydrogen) atoms. The summed E-state index contributed by atoms with van der Waals surface area (Å²) in [6, 6.07) is 26.2. The van der Waals surface area contributed by atoms with Crippen LogP contribution in [0.4, 0.5) is 0 Å². The van der Waals surface area contributed by atoms with E-state index >= 15 is 0 Å². The summed E-state index contributed by atoms with van der Waals surface area (Å²) in [6.07, 6.45) is 1.77. The number of carbonyl (C=O) groups excluding carboxylic acids is 2. The number of hydrogen-bond donors (Lipinski definition) is 1. The minimum atomic E-state index is -0.237. The second kappa shape index (κ2) is 9.61. The van der Waals surface area contributed by atoms with Gasteiger partial charge in [0.1, 0.15) is 0 Å². The second-order valence-electron chi connectivity index (χ2n) is 8.29. The van der Waals surface area contributed by atoms with E-state index in [1.54, 1.807) is 24.4 Å². The van der Waals surface area contributed by atoms with Crippen molar-refractivity contribution in [3.05, 3.63) is 125 Å². The lowest BCUT2D eigenvalue weighted by molar-refractivity contribution is 0.0940. The predicted octanol–water partition coefficient (Wildman–Crippen LogP) is 6.09. The van der Waals surface area contributed by atoms with E-state index in [9.17, 15) is 9.59 Å². The molecule has 4 rings (SSSR count). The van der Waals surface area contributed by atoms with Crippen LogP contribution in [0.2, 0.25) is 0 Å². The molecule has 0 saturated heterocycles. The van der Waals surface area contributed by atoms with E-state index in [2.05, 4.69) is 10.3 Å². The Hall–Kier alpha value is -4.05. The van der Waals surface area contributed by atoms with Crippen LogP contribution in [0, 0.1) is 13.8 Å². The lowest BCUT2D eigenvalue weighted by atomic mass is 9.94. The van der Waals surface area contributed by atoms with Crippen molar-refractivity contribution in [1.82, 2.24) is 10.3 Å². The summed E-state index contributed by atoms with van der Waals surface area (Å²) >= 11 is 0. The molecule has 0 spiro atoms. The number of carbonyl (C=O) groups is 2. The number of nitrogens with zero attached hydrogens (tertiary/aromatic N) is 1. The Bertz CT molecular complexity index is 1280. The normalized spacial score (nSPS) is 11.6. The fraction of sp³-hybridized carbons (Fsp3) is 0.138. The van der Waals surface area contributed by atoms with Gasteiger partial charge in [-0.15, -0.1) is 0 Å². The van der Waals surface area contributed by atoms with Gasteiger partial charge in [0, 0.05) is 28.6 Å². The quantitative estimate of drug-likeness (QED) is 0.374. The van der Waals surface area contributed by atoms with Gasteiger partial charge in [0.25, 0.3) is 5.91 Å². The molecule has 4 aromatic rings. The maximum Gasteiger partial charge on any atom is 0.251 e. The van der Waals surface area contributed by atoms with Gasteiger partial charge in [-0.05, 0) is 61.7 Å². The third kappa shape index (κ3) is 5.24. The number of amides is 1. The first-order valence-corrected chi connectivity index (χ1v) is 11.0. The van der Waals surface area contributed by atoms with Crippen LogP contribution in [0.1, 0.15) is 56.1 Å². The van der Waals surface area contributed by atoms with Crippen molar-refractivity contribution in [2.45, 2.75) is 26.8 Å². The Morgan fingerprint density at radius 1 is 0.758 bits per heavy atom. The van der Waals surface area contributed by atoms with Crippen LogP contribution in [-0.4, -0.2) is 16.7 Å². The molecular formula is C29H26N2O2. The average molecular weight is 435 g/mol. The largest absolute Gasteiger partial charge is 0.345 e. The maximum atomic E-state index is 13.2. The molecule has 0 aliphatic heterocycles. The molecule has 0 saturated carbocycles. The maximum absolute atomic E-state index is 13.2. The minimum absolute atomic E-state index is 0.116. The summed E-state index contributed by atoms with van der Waals surface area (Å²) in [6.45, 7) is 5.87. The highest BCUT2D eigenvalue weighted by Gasteiger charge is 2.17. The van der Waals surface area contributed by atoms with Crippen LogP contribution in [0.15, 0.2) is 91.1 Å². The van der Waals surface area contributed by atoms with Gasteiger partial charge >= 0.3 is 0 Å². The molecule has 0 bridgehead atoms. The average Bonchev–Trinajstić information content (AvgIpc) is 2.84. The molecule has 1 unspecified atom stereocenters. The molecular weight excluding hydrogens is 408 g/mol. The zero-order valence-corrected chi connectivity index (χ0v) is 19.0. The highest BCUT2D eigenvalue weighted by molar-refractivity contribution is 6.11. The fourth-order valence-corrected chi connectivity index (χ4v) is 3.66. The Labute approximate surface area is 194 Å². The van der Waals surface area contributed by atoms with E-state index in [0.717, 1.165) is 27.9 Å². The van der Waals surface area contributed by atoms with Gasteiger partial charge in [-0.1, -0.05) is 66.2 Å². The summed E-state index contributed by atoms with van der Waals surface area (Å²) < 4.78 is 0. The third-order valence-electron chi connectivity index (χ3n) is 5.66. The van der Waals surface area contributed by atoms with Crippen molar-refractivity contribution in [3.63, 3.8) is 0 Å². The van der Waals surface area contributed by atoms with Crippen LogP contribution in [0.3, 0.4) is 0 Å². The van der Waals surface area contributed by atoms with Gasteiger partial charge < -0.3 is 5.32 Å². The Balaban J connectivity index is 1.70. The molecule has 0 radical (unpaired) electrons. The molecule has 1 aromatic heterocycles. The van der Waals surface area contributed by atoms with Gasteiger partial charge in [0.2, 0.25) is 0 Å². The highest BCUT2D eigenvalue weighted by atomic mass is 16.1. The van der Waals surface area contributed by atoms with Gasteiger partial charge in [0.15, 0.2) is 5.78 Å². The number of aryl methyl sites for hydroxylation is 2. The molecule has 1 heterocycles. The second-order valence-corrected chi connectivity index (χ2v) is 8.29. The van der Waals surface area contributed by atoms with Crippen molar-refractivity contribution >= 4 is 11.7 Å². The summed E-state index contributed by atoms with van der Waals surface area (Å²) in [5.74, 6) is -0.353. The standard InChI is InChI=1S/C29H26N2O2/c1-19-9-12-22(13-10-19)25-15-26(28(32)23-7-5-4-6-8-23)17-27(16-25)29(33)31-21(3)24-14-11-20(2)30-18-24/h4-18,21H,1-3H3,(H,31,33). The van der Waals surface area contributed by atoms with Gasteiger partial charge in [-0.3, -0.25) is 14.6 Å². The number of ketones is 1. The first-order chi connectivity index (χ1) is 15.9. The van der Waals surface area contributed by atoms with E-state index < -0.39 is 0 Å². The molecule has 3 aromatic carbocycles. The predicted molar refractivity (Wildman–Crippen MR) is 131 cm³/mol. The molecule has 1 amide bonds. The summed E-state index contributed by atoms with van der Waals surface area (Å²) in [7, 11) is 0. The van der Waals surface area contributed by atoms with Crippen molar-refractivity contribution in [2.24, 2.45) is 0 Å². The number of hydrogen-bond acceptors (Lipinski definition) is 3. The molecule has 0 aliphatic carbocycles. The van der Waals surface area contributed by atoms with Gasteiger partial charge in [0.05, 0.1) is 6.04 Å². The van der Waals surface area contributed by atoms with E-state index in [1.807, 2.05) is 87.5 Å². The summed E-state index contributed by atoms with van der Waals surface area (Å²) in [5, 5.41) is 3.04. The SMILES string of the molecule is Cc1ccc(-c2cc(C(=O)NC(C)c3ccc(C)nc3)cc(C(=O)c3ccccc3)c2)cc1. The lowest BCUT2D eigenvalue weighted by Crippen LogP contribution is -2.27. The first kappa shape index (κ1) is 22.2. The molecule has 0 fully saturated rings. The lowest BCUT2D eigenvalue weighted by Gasteiger charge is -2.16. The van der Waals surface area contributed by atoms with Crippen molar-refractivity contribution in [3.8, 4) is 11.1 Å². The highest BCUT2D eigenvalue weighted by Crippen LogP contribution is 2.25. The van der Waals surface area contributed by atoms with Crippen LogP contribution in [-0.2, 0) is 0 Å². The summed E-state index contributed by atoms with van der Waals surface area (Å²) in [4.78, 5) is 30.7. The van der Waals surface area contributed by atoms with Crippen LogP contribution < -0.4 is 5.32 Å². The molecule has 4 heteroatoms. The minimum Gasteiger partial charge on any atom is -0.345 e. The van der Waals surface area contributed by atoms with E-state index in [-0.39, 0.29) is 17.7 Å². The molecule has 1 N–H and O–H groups in total. The Morgan fingerprint density at radius 2 is 1.45 bits per heavy atom. The van der Waals surface area contributed by atoms with E-state index in [0.29, 0.717) is 16.7 Å². The molecule has 164 valence electrons. The first-order valence-electron chi connectivity index (χ1n) is 11.0. The van der Waals surface area contributed by atoms with E-state index in [4.69, 9.17) is 0 Å². The Kier molecular flexibility index (Phi) is 6.45. The van der Waals surface area contributed by atoms with Crippen LogP contribution >= 0.6 is 0 Å². The number of rotatable bonds is 6. The molecule has 0 aliphatic rings. The smallest absolute Gasteiger partial charge is 0.251 e. The molecule has 4 nitrogen and oxygen atoms in total. The number of nitrogens with one attached hydrogen (secondary N) is 1. The van der Waals surface area contributed by atoms with Gasteiger partial charge in [-0.25, -0.2) is 0 Å². The third-order valence-corrected chi connectivity index (χ3v) is 5.66. The van der Waals surface area contributed by atoms with E-state index in [1.165, 1.54) is 0 Å². The Morgan fingerprint density at radius 3 is 2.12 bits per heavy atom. The number of pyridine rings is 1.